The van der Waals surface area contributed by atoms with E-state index >= 15 is 0 Å². The highest BCUT2D eigenvalue weighted by Gasteiger charge is 2.39. The number of carbonyl (C=O) groups is 2. The van der Waals surface area contributed by atoms with E-state index in [1.165, 1.54) is 11.8 Å². The smallest absolute Gasteiger partial charge is 0.229 e. The largest absolute Gasteiger partial charge is 0.355 e. The summed E-state index contributed by atoms with van der Waals surface area (Å²) in [7, 11) is 0. The molecule has 0 radical (unpaired) electrons. The number of likely N-dealkylation sites (tertiary alicyclic amines) is 1. The van der Waals surface area contributed by atoms with Gasteiger partial charge in [0.15, 0.2) is 0 Å². The summed E-state index contributed by atoms with van der Waals surface area (Å²) in [5.74, 6) is 1.17. The molecule has 0 aromatic rings. The van der Waals surface area contributed by atoms with Crippen molar-refractivity contribution in [2.45, 2.75) is 25.3 Å². The van der Waals surface area contributed by atoms with Gasteiger partial charge in [0, 0.05) is 31.5 Å². The van der Waals surface area contributed by atoms with E-state index < -0.39 is 0 Å². The lowest BCUT2D eigenvalue weighted by Crippen LogP contribution is -2.32. The van der Waals surface area contributed by atoms with Crippen LogP contribution in [-0.2, 0) is 9.59 Å². The SMILES string of the molecule is CSCC(=O)NC[C@@H]1CC(=O)N(C2CC2)C1. The van der Waals surface area contributed by atoms with Crippen molar-refractivity contribution in [2.24, 2.45) is 5.92 Å². The summed E-state index contributed by atoms with van der Waals surface area (Å²) in [4.78, 5) is 24.9. The van der Waals surface area contributed by atoms with Gasteiger partial charge < -0.3 is 10.2 Å². The molecule has 1 atom stereocenters. The molecule has 0 aromatic heterocycles. The topological polar surface area (TPSA) is 49.4 Å². The van der Waals surface area contributed by atoms with Gasteiger partial charge >= 0.3 is 0 Å². The van der Waals surface area contributed by atoms with Gasteiger partial charge in [-0.25, -0.2) is 0 Å². The van der Waals surface area contributed by atoms with Crippen LogP contribution < -0.4 is 5.32 Å². The summed E-state index contributed by atoms with van der Waals surface area (Å²) in [6.07, 6.45) is 4.85. The number of hydrogen-bond acceptors (Lipinski definition) is 3. The van der Waals surface area contributed by atoms with Crippen LogP contribution in [0.3, 0.4) is 0 Å². The van der Waals surface area contributed by atoms with Crippen LogP contribution >= 0.6 is 11.8 Å². The Morgan fingerprint density at radius 1 is 1.56 bits per heavy atom. The zero-order valence-corrected chi connectivity index (χ0v) is 10.4. The number of carbonyl (C=O) groups excluding carboxylic acids is 2. The average Bonchev–Trinajstić information content (AvgIpc) is 3.01. The summed E-state index contributed by atoms with van der Waals surface area (Å²) in [5, 5.41) is 2.89. The summed E-state index contributed by atoms with van der Waals surface area (Å²) in [6.45, 7) is 1.48. The Kier molecular flexibility index (Phi) is 3.74. The zero-order valence-electron chi connectivity index (χ0n) is 9.57. The maximum absolute atomic E-state index is 11.6. The van der Waals surface area contributed by atoms with Gasteiger partial charge in [-0.1, -0.05) is 0 Å². The van der Waals surface area contributed by atoms with E-state index in [-0.39, 0.29) is 11.8 Å². The molecule has 0 spiro atoms. The fraction of sp³-hybridized carbons (Fsp3) is 0.818. The van der Waals surface area contributed by atoms with E-state index in [1.807, 2.05) is 11.2 Å². The van der Waals surface area contributed by atoms with Gasteiger partial charge in [0.25, 0.3) is 0 Å². The monoisotopic (exact) mass is 242 g/mol. The summed E-state index contributed by atoms with van der Waals surface area (Å²) >= 11 is 1.52. The van der Waals surface area contributed by atoms with Crippen LogP contribution in [0, 0.1) is 5.92 Å². The van der Waals surface area contributed by atoms with Crippen molar-refractivity contribution in [1.82, 2.24) is 10.2 Å². The molecule has 2 aliphatic rings. The van der Waals surface area contributed by atoms with Gasteiger partial charge in [-0.05, 0) is 19.1 Å². The summed E-state index contributed by atoms with van der Waals surface area (Å²) in [6, 6.07) is 0.513. The van der Waals surface area contributed by atoms with Crippen molar-refractivity contribution in [3.63, 3.8) is 0 Å². The van der Waals surface area contributed by atoms with Gasteiger partial charge in [-0.15, -0.1) is 0 Å². The second-order valence-corrected chi connectivity index (χ2v) is 5.45. The molecule has 1 saturated heterocycles. The Morgan fingerprint density at radius 3 is 2.94 bits per heavy atom. The molecule has 0 unspecified atom stereocenters. The van der Waals surface area contributed by atoms with Crippen LogP contribution in [0.4, 0.5) is 0 Å². The molecule has 4 nitrogen and oxygen atoms in total. The number of rotatable bonds is 5. The van der Waals surface area contributed by atoms with Gasteiger partial charge in [-0.2, -0.15) is 11.8 Å². The van der Waals surface area contributed by atoms with Crippen molar-refractivity contribution in [3.05, 3.63) is 0 Å². The predicted molar refractivity (Wildman–Crippen MR) is 64.2 cm³/mol. The highest BCUT2D eigenvalue weighted by atomic mass is 32.2. The molecule has 1 aliphatic carbocycles. The predicted octanol–water partition coefficient (Wildman–Crippen LogP) is 0.476. The highest BCUT2D eigenvalue weighted by molar-refractivity contribution is 7.99. The lowest BCUT2D eigenvalue weighted by atomic mass is 10.1. The van der Waals surface area contributed by atoms with Crippen molar-refractivity contribution < 1.29 is 9.59 Å². The molecule has 16 heavy (non-hydrogen) atoms. The molecule has 0 aromatic carbocycles. The Morgan fingerprint density at radius 2 is 2.31 bits per heavy atom. The number of amides is 2. The minimum Gasteiger partial charge on any atom is -0.355 e. The third-order valence-corrected chi connectivity index (χ3v) is 3.64. The lowest BCUT2D eigenvalue weighted by molar-refractivity contribution is -0.128. The molecule has 0 bridgehead atoms. The zero-order chi connectivity index (χ0) is 11.5. The molecule has 1 saturated carbocycles. The van der Waals surface area contributed by atoms with Crippen molar-refractivity contribution >= 4 is 23.6 Å². The Hall–Kier alpha value is -0.710. The van der Waals surface area contributed by atoms with E-state index in [0.29, 0.717) is 30.7 Å². The molecular formula is C11H18N2O2S. The van der Waals surface area contributed by atoms with E-state index in [1.54, 1.807) is 0 Å². The first-order valence-corrected chi connectivity index (χ1v) is 7.15. The summed E-state index contributed by atoms with van der Waals surface area (Å²) in [5.41, 5.74) is 0. The van der Waals surface area contributed by atoms with E-state index in [2.05, 4.69) is 5.32 Å². The standard InChI is InChI=1S/C11H18N2O2S/c1-16-7-10(14)12-5-8-4-11(15)13(6-8)9-2-3-9/h8-9H,2-7H2,1H3,(H,12,14)/t8-/m0/s1. The molecule has 5 heteroatoms. The Bertz CT molecular complexity index is 292. The normalized spacial score (nSPS) is 24.9. The minimum atomic E-state index is 0.0739. The Balaban J connectivity index is 1.71. The van der Waals surface area contributed by atoms with Crippen LogP contribution in [-0.4, -0.2) is 47.9 Å². The number of nitrogens with zero attached hydrogens (tertiary/aromatic N) is 1. The van der Waals surface area contributed by atoms with Crippen LogP contribution in [0.15, 0.2) is 0 Å². The van der Waals surface area contributed by atoms with Gasteiger partial charge in [0.1, 0.15) is 0 Å². The van der Waals surface area contributed by atoms with Gasteiger partial charge in [0.2, 0.25) is 11.8 Å². The minimum absolute atomic E-state index is 0.0739. The quantitative estimate of drug-likeness (QED) is 0.763. The molecule has 1 aliphatic heterocycles. The highest BCUT2D eigenvalue weighted by Crippen LogP contribution is 2.32. The van der Waals surface area contributed by atoms with Crippen LogP contribution in [0.1, 0.15) is 19.3 Å². The number of thioether (sulfide) groups is 1. The second kappa shape index (κ2) is 5.08. The average molecular weight is 242 g/mol. The Labute approximate surface area is 100 Å². The van der Waals surface area contributed by atoms with E-state index in [9.17, 15) is 9.59 Å². The van der Waals surface area contributed by atoms with E-state index in [0.717, 1.165) is 19.4 Å². The van der Waals surface area contributed by atoms with Gasteiger partial charge in [-0.3, -0.25) is 9.59 Å². The van der Waals surface area contributed by atoms with E-state index in [4.69, 9.17) is 0 Å². The van der Waals surface area contributed by atoms with Crippen LogP contribution in [0.25, 0.3) is 0 Å². The molecule has 2 amide bonds. The second-order valence-electron chi connectivity index (χ2n) is 4.58. The summed E-state index contributed by atoms with van der Waals surface area (Å²) < 4.78 is 0. The van der Waals surface area contributed by atoms with Crippen molar-refractivity contribution in [2.75, 3.05) is 25.1 Å². The van der Waals surface area contributed by atoms with Crippen molar-refractivity contribution in [1.29, 1.82) is 0 Å². The first kappa shape index (κ1) is 11.8. The van der Waals surface area contributed by atoms with Crippen LogP contribution in [0.5, 0.6) is 0 Å². The molecule has 1 heterocycles. The fourth-order valence-electron chi connectivity index (χ4n) is 2.12. The molecule has 1 N–H and O–H groups in total. The first-order valence-electron chi connectivity index (χ1n) is 5.76. The van der Waals surface area contributed by atoms with Crippen LogP contribution in [0.2, 0.25) is 0 Å². The number of hydrogen-bond donors (Lipinski definition) is 1. The lowest BCUT2D eigenvalue weighted by Gasteiger charge is -2.15. The maximum atomic E-state index is 11.6. The van der Waals surface area contributed by atoms with Gasteiger partial charge in [0.05, 0.1) is 5.75 Å². The fourth-order valence-corrected chi connectivity index (χ4v) is 2.49. The third kappa shape index (κ3) is 2.90. The molecular weight excluding hydrogens is 224 g/mol. The van der Waals surface area contributed by atoms with Crippen molar-refractivity contribution in [3.8, 4) is 0 Å². The molecule has 90 valence electrons. The third-order valence-electron chi connectivity index (χ3n) is 3.09. The molecule has 2 rings (SSSR count). The molecule has 2 fully saturated rings. The number of nitrogens with one attached hydrogen (secondary N) is 1. The maximum Gasteiger partial charge on any atom is 0.229 e. The first-order chi connectivity index (χ1) is 7.70.